The number of amides is 2. The van der Waals surface area contributed by atoms with E-state index in [0.29, 0.717) is 11.3 Å². The summed E-state index contributed by atoms with van der Waals surface area (Å²) < 4.78 is 5.81. The molecule has 7 heteroatoms. The number of aryl methyl sites for hydroxylation is 1. The predicted octanol–water partition coefficient (Wildman–Crippen LogP) is 2.59. The average Bonchev–Trinajstić information content (AvgIpc) is 2.97. The van der Waals surface area contributed by atoms with Crippen LogP contribution in [0.25, 0.3) is 0 Å². The summed E-state index contributed by atoms with van der Waals surface area (Å²) in [6, 6.07) is 3.27. The third-order valence-electron chi connectivity index (χ3n) is 4.19. The summed E-state index contributed by atoms with van der Waals surface area (Å²) in [7, 11) is 0. The molecule has 0 saturated heterocycles. The number of furan rings is 1. The largest absolute Gasteiger partial charge is 0.455 e. The zero-order valence-electron chi connectivity index (χ0n) is 15.1. The van der Waals surface area contributed by atoms with Crippen LogP contribution in [0.5, 0.6) is 0 Å². The molecule has 2 aromatic heterocycles. The van der Waals surface area contributed by atoms with E-state index >= 15 is 0 Å². The molecule has 0 aromatic carbocycles. The number of hydrogen-bond acceptors (Lipinski definition) is 5. The first-order valence-electron chi connectivity index (χ1n) is 8.67. The molecule has 0 saturated carbocycles. The first-order valence-corrected chi connectivity index (χ1v) is 8.67. The molecule has 3 rings (SSSR count). The average molecular weight is 354 g/mol. The van der Waals surface area contributed by atoms with Crippen LogP contribution in [-0.4, -0.2) is 28.6 Å². The Balaban J connectivity index is 1.85. The van der Waals surface area contributed by atoms with E-state index in [9.17, 15) is 9.59 Å². The van der Waals surface area contributed by atoms with E-state index in [2.05, 4.69) is 20.8 Å². The van der Waals surface area contributed by atoms with Crippen molar-refractivity contribution >= 4 is 17.5 Å². The first kappa shape index (κ1) is 17.8. The lowest BCUT2D eigenvalue weighted by Gasteiger charge is -2.13. The van der Waals surface area contributed by atoms with Crippen molar-refractivity contribution in [3.63, 3.8) is 0 Å². The van der Waals surface area contributed by atoms with Gasteiger partial charge in [0.1, 0.15) is 5.76 Å². The van der Waals surface area contributed by atoms with Crippen molar-refractivity contribution < 1.29 is 14.0 Å². The minimum atomic E-state index is -0.300. The van der Waals surface area contributed by atoms with Crippen LogP contribution in [0.15, 0.2) is 34.0 Å². The van der Waals surface area contributed by atoms with Gasteiger partial charge >= 0.3 is 0 Å². The van der Waals surface area contributed by atoms with E-state index in [-0.39, 0.29) is 17.9 Å². The maximum Gasteiger partial charge on any atom is 0.287 e. The van der Waals surface area contributed by atoms with E-state index in [1.807, 2.05) is 20.8 Å². The summed E-state index contributed by atoms with van der Waals surface area (Å²) in [6.45, 7) is 5.65. The highest BCUT2D eigenvalue weighted by molar-refractivity contribution is 6.07. The molecule has 0 unspecified atom stereocenters. The van der Waals surface area contributed by atoms with Crippen LogP contribution in [0.2, 0.25) is 0 Å². The number of carbonyl (C=O) groups excluding carboxylic acids is 2. The zero-order valence-corrected chi connectivity index (χ0v) is 15.1. The number of pyridine rings is 1. The predicted molar refractivity (Wildman–Crippen MR) is 97.2 cm³/mol. The van der Waals surface area contributed by atoms with Gasteiger partial charge in [0.15, 0.2) is 5.76 Å². The van der Waals surface area contributed by atoms with Crippen molar-refractivity contribution in [2.75, 3.05) is 0 Å². The molecule has 0 atom stereocenters. The van der Waals surface area contributed by atoms with E-state index in [0.717, 1.165) is 41.9 Å². The maximum atomic E-state index is 12.3. The van der Waals surface area contributed by atoms with Crippen LogP contribution >= 0.6 is 0 Å². The third kappa shape index (κ3) is 3.66. The molecule has 0 bridgehead atoms. The summed E-state index contributed by atoms with van der Waals surface area (Å²) in [5.41, 5.74) is 5.40. The lowest BCUT2D eigenvalue weighted by atomic mass is 9.93. The van der Waals surface area contributed by atoms with Gasteiger partial charge in [-0.15, -0.1) is 0 Å². The minimum absolute atomic E-state index is 0.0248. The smallest absolute Gasteiger partial charge is 0.287 e. The van der Waals surface area contributed by atoms with Crippen molar-refractivity contribution in [3.8, 4) is 0 Å². The fourth-order valence-electron chi connectivity index (χ4n) is 3.01. The Hall–Kier alpha value is -2.96. The molecule has 2 N–H and O–H groups in total. The molecule has 2 aromatic rings. The van der Waals surface area contributed by atoms with Gasteiger partial charge in [-0.3, -0.25) is 14.6 Å². The second-order valence-corrected chi connectivity index (χ2v) is 6.57. The Morgan fingerprint density at radius 2 is 1.92 bits per heavy atom. The summed E-state index contributed by atoms with van der Waals surface area (Å²) in [5.74, 6) is 0.538. The molecule has 2 heterocycles. The molecule has 1 aliphatic carbocycles. The monoisotopic (exact) mass is 354 g/mol. The summed E-state index contributed by atoms with van der Waals surface area (Å²) >= 11 is 0. The van der Waals surface area contributed by atoms with Crippen LogP contribution < -0.4 is 10.7 Å². The van der Waals surface area contributed by atoms with Gasteiger partial charge in [0.25, 0.3) is 11.8 Å². The van der Waals surface area contributed by atoms with Gasteiger partial charge in [0.05, 0.1) is 5.71 Å². The van der Waals surface area contributed by atoms with Gasteiger partial charge in [0.2, 0.25) is 0 Å². The second kappa shape index (κ2) is 7.51. The van der Waals surface area contributed by atoms with Gasteiger partial charge in [-0.2, -0.15) is 5.10 Å². The summed E-state index contributed by atoms with van der Waals surface area (Å²) in [5, 5.41) is 7.15. The molecular weight excluding hydrogens is 332 g/mol. The Morgan fingerprint density at radius 1 is 1.19 bits per heavy atom. The highest BCUT2D eigenvalue weighted by Gasteiger charge is 2.28. The molecule has 0 radical (unpaired) electrons. The van der Waals surface area contributed by atoms with E-state index < -0.39 is 0 Å². The normalized spacial score (nSPS) is 15.0. The lowest BCUT2D eigenvalue weighted by molar-refractivity contribution is 0.0911. The molecule has 136 valence electrons. The fraction of sp³-hybridized carbons (Fsp3) is 0.368. The topological polar surface area (TPSA) is 96.6 Å². The second-order valence-electron chi connectivity index (χ2n) is 6.57. The Kier molecular flexibility index (Phi) is 5.16. The lowest BCUT2D eigenvalue weighted by Crippen LogP contribution is -2.30. The van der Waals surface area contributed by atoms with Gasteiger partial charge < -0.3 is 9.73 Å². The highest BCUT2D eigenvalue weighted by Crippen LogP contribution is 2.29. The summed E-state index contributed by atoms with van der Waals surface area (Å²) in [4.78, 5) is 28.4. The molecule has 2 amide bonds. The van der Waals surface area contributed by atoms with E-state index in [1.54, 1.807) is 24.5 Å². The maximum absolute atomic E-state index is 12.3. The fourth-order valence-corrected chi connectivity index (χ4v) is 3.01. The number of nitrogens with one attached hydrogen (secondary N) is 2. The van der Waals surface area contributed by atoms with Crippen molar-refractivity contribution in [2.24, 2.45) is 5.10 Å². The number of hydrogen-bond donors (Lipinski definition) is 2. The number of fused-ring (bicyclic) bond motifs is 1. The van der Waals surface area contributed by atoms with Gasteiger partial charge in [-0.05, 0) is 45.7 Å². The SMILES string of the molecule is Cc1c(C(=O)NC(C)C)oc2c1/C(=N/NC(=O)c1ccncc1)CCC2. The van der Waals surface area contributed by atoms with Crippen LogP contribution in [-0.2, 0) is 6.42 Å². The van der Waals surface area contributed by atoms with E-state index in [1.165, 1.54) is 0 Å². The zero-order chi connectivity index (χ0) is 18.7. The Labute approximate surface area is 151 Å². The van der Waals surface area contributed by atoms with Gasteiger partial charge in [-0.25, -0.2) is 5.43 Å². The quantitative estimate of drug-likeness (QED) is 0.825. The van der Waals surface area contributed by atoms with Crippen molar-refractivity contribution in [1.82, 2.24) is 15.7 Å². The molecular formula is C19H22N4O3. The Morgan fingerprint density at radius 3 is 2.62 bits per heavy atom. The molecule has 0 aliphatic heterocycles. The number of rotatable bonds is 4. The number of aromatic nitrogens is 1. The summed E-state index contributed by atoms with van der Waals surface area (Å²) in [6.07, 6.45) is 5.44. The Bertz CT molecular complexity index is 853. The van der Waals surface area contributed by atoms with Gasteiger partial charge in [-0.1, -0.05) is 0 Å². The molecule has 0 spiro atoms. The van der Waals surface area contributed by atoms with Crippen molar-refractivity contribution in [2.45, 2.75) is 46.1 Å². The first-order chi connectivity index (χ1) is 12.5. The standard InChI is InChI=1S/C19H22N4O3/c1-11(2)21-19(25)17-12(3)16-14(5-4-6-15(16)26-17)22-23-18(24)13-7-9-20-10-8-13/h7-11H,4-6H2,1-3H3,(H,21,25)(H,23,24)/b22-14+. The number of carbonyl (C=O) groups is 2. The van der Waals surface area contributed by atoms with Crippen LogP contribution in [0.4, 0.5) is 0 Å². The van der Waals surface area contributed by atoms with Crippen molar-refractivity contribution in [3.05, 3.63) is 52.7 Å². The van der Waals surface area contributed by atoms with Crippen LogP contribution in [0, 0.1) is 6.92 Å². The number of hydrazone groups is 1. The molecule has 0 fully saturated rings. The van der Waals surface area contributed by atoms with Crippen LogP contribution in [0.3, 0.4) is 0 Å². The van der Waals surface area contributed by atoms with Crippen molar-refractivity contribution in [1.29, 1.82) is 0 Å². The molecule has 1 aliphatic rings. The van der Waals surface area contributed by atoms with Crippen LogP contribution in [0.1, 0.15) is 64.5 Å². The number of nitrogens with zero attached hydrogens (tertiary/aromatic N) is 2. The molecule has 7 nitrogen and oxygen atoms in total. The molecule has 26 heavy (non-hydrogen) atoms. The highest BCUT2D eigenvalue weighted by atomic mass is 16.4. The van der Waals surface area contributed by atoms with E-state index in [4.69, 9.17) is 4.42 Å². The minimum Gasteiger partial charge on any atom is -0.455 e. The van der Waals surface area contributed by atoms with Gasteiger partial charge in [0, 0.05) is 41.5 Å². The third-order valence-corrected chi connectivity index (χ3v) is 4.19.